The minimum Gasteiger partial charge on any atom is -0.378 e. The van der Waals surface area contributed by atoms with Crippen LogP contribution in [-0.2, 0) is 14.4 Å². The Morgan fingerprint density at radius 2 is 2.25 bits per heavy atom. The van der Waals surface area contributed by atoms with Gasteiger partial charge in [-0.25, -0.2) is 5.48 Å². The van der Waals surface area contributed by atoms with E-state index in [1.54, 1.807) is 0 Å². The molecule has 0 radical (unpaired) electrons. The molecule has 0 spiro atoms. The molecule has 0 bridgehead atoms. The number of hydrogen-bond donors (Lipinski definition) is 2. The van der Waals surface area contributed by atoms with Crippen molar-refractivity contribution in [2.45, 2.75) is 44.2 Å². The summed E-state index contributed by atoms with van der Waals surface area (Å²) in [5.74, 6) is -0.0603. The Kier molecular flexibility index (Phi) is 4.56. The van der Waals surface area contributed by atoms with Gasteiger partial charge >= 0.3 is 0 Å². The summed E-state index contributed by atoms with van der Waals surface area (Å²) >= 11 is 0. The molecule has 1 unspecified atom stereocenters. The Morgan fingerprint density at radius 3 is 2.94 bits per heavy atom. The molecule has 2 rings (SSSR count). The fourth-order valence-corrected chi connectivity index (χ4v) is 2.17. The smallest absolute Gasteiger partial charge is 0.245 e. The topological polar surface area (TPSA) is 59.6 Å². The van der Waals surface area contributed by atoms with Crippen LogP contribution in [0.3, 0.4) is 0 Å². The van der Waals surface area contributed by atoms with E-state index in [1.807, 2.05) is 0 Å². The second kappa shape index (κ2) is 6.18. The maximum absolute atomic E-state index is 11.5. The first-order chi connectivity index (χ1) is 7.84. The molecule has 1 aliphatic carbocycles. The first kappa shape index (κ1) is 11.8. The minimum absolute atomic E-state index is 0.0603. The van der Waals surface area contributed by atoms with Crippen molar-refractivity contribution in [3.8, 4) is 0 Å². The number of hydrogen-bond acceptors (Lipinski definition) is 4. The number of ether oxygens (including phenoxy) is 1. The summed E-state index contributed by atoms with van der Waals surface area (Å²) in [5, 5.41) is 3.24. The Labute approximate surface area is 95.8 Å². The molecule has 1 atom stereocenters. The summed E-state index contributed by atoms with van der Waals surface area (Å²) in [7, 11) is 0. The van der Waals surface area contributed by atoms with Gasteiger partial charge in [0, 0.05) is 19.0 Å². The van der Waals surface area contributed by atoms with Gasteiger partial charge in [-0.1, -0.05) is 12.8 Å². The van der Waals surface area contributed by atoms with E-state index in [0.29, 0.717) is 13.0 Å². The van der Waals surface area contributed by atoms with Crippen molar-refractivity contribution in [2.75, 3.05) is 19.8 Å². The van der Waals surface area contributed by atoms with Crippen LogP contribution in [0.5, 0.6) is 0 Å². The number of carbonyl (C=O) groups excluding carboxylic acids is 1. The van der Waals surface area contributed by atoms with Gasteiger partial charge in [-0.15, -0.1) is 0 Å². The monoisotopic (exact) mass is 228 g/mol. The molecule has 0 aromatic rings. The van der Waals surface area contributed by atoms with Crippen LogP contribution in [0.25, 0.3) is 0 Å². The molecule has 16 heavy (non-hydrogen) atoms. The highest BCUT2D eigenvalue weighted by Gasteiger charge is 2.19. The van der Waals surface area contributed by atoms with Crippen molar-refractivity contribution in [3.05, 3.63) is 0 Å². The van der Waals surface area contributed by atoms with Gasteiger partial charge in [-0.3, -0.25) is 9.63 Å². The number of rotatable bonds is 4. The zero-order valence-corrected chi connectivity index (χ0v) is 9.54. The van der Waals surface area contributed by atoms with Gasteiger partial charge in [0.05, 0.1) is 19.3 Å². The molecule has 1 saturated carbocycles. The Bertz CT molecular complexity index is 223. The third kappa shape index (κ3) is 3.73. The number of carbonyl (C=O) groups is 1. The van der Waals surface area contributed by atoms with Crippen molar-refractivity contribution < 1.29 is 14.4 Å². The standard InChI is InChI=1S/C11H20N2O3/c14-11(7-9-8-15-6-5-12-9)13-16-10-3-1-2-4-10/h9-10,12H,1-8H2,(H,13,14). The Morgan fingerprint density at radius 1 is 1.44 bits per heavy atom. The lowest BCUT2D eigenvalue weighted by Gasteiger charge is -2.23. The van der Waals surface area contributed by atoms with Crippen LogP contribution >= 0.6 is 0 Å². The first-order valence-corrected chi connectivity index (χ1v) is 6.10. The van der Waals surface area contributed by atoms with Crippen molar-refractivity contribution >= 4 is 5.91 Å². The van der Waals surface area contributed by atoms with E-state index in [-0.39, 0.29) is 18.1 Å². The Hall–Kier alpha value is -0.650. The molecule has 1 aliphatic heterocycles. The molecular formula is C11H20N2O3. The molecule has 5 heteroatoms. The molecule has 1 amide bonds. The second-order valence-electron chi connectivity index (χ2n) is 4.48. The summed E-state index contributed by atoms with van der Waals surface area (Å²) in [6, 6.07) is 0.126. The Balaban J connectivity index is 1.59. The van der Waals surface area contributed by atoms with Crippen molar-refractivity contribution in [2.24, 2.45) is 0 Å². The van der Waals surface area contributed by atoms with Crippen molar-refractivity contribution in [1.82, 2.24) is 10.8 Å². The number of nitrogens with one attached hydrogen (secondary N) is 2. The van der Waals surface area contributed by atoms with E-state index >= 15 is 0 Å². The minimum atomic E-state index is -0.0603. The van der Waals surface area contributed by atoms with Gasteiger partial charge in [0.25, 0.3) is 0 Å². The molecule has 0 aromatic carbocycles. The molecule has 5 nitrogen and oxygen atoms in total. The SMILES string of the molecule is O=C(CC1COCCN1)NOC1CCCC1. The zero-order chi connectivity index (χ0) is 11.2. The van der Waals surface area contributed by atoms with E-state index in [9.17, 15) is 4.79 Å². The van der Waals surface area contributed by atoms with Crippen LogP contribution < -0.4 is 10.8 Å². The number of amides is 1. The zero-order valence-electron chi connectivity index (χ0n) is 9.54. The highest BCUT2D eigenvalue weighted by Crippen LogP contribution is 2.19. The molecule has 92 valence electrons. The number of morpholine rings is 1. The lowest BCUT2D eigenvalue weighted by Crippen LogP contribution is -2.44. The van der Waals surface area contributed by atoms with Gasteiger partial charge in [0.2, 0.25) is 5.91 Å². The third-order valence-electron chi connectivity index (χ3n) is 3.07. The highest BCUT2D eigenvalue weighted by molar-refractivity contribution is 5.75. The maximum atomic E-state index is 11.5. The van der Waals surface area contributed by atoms with Crippen LogP contribution in [0.2, 0.25) is 0 Å². The molecule has 1 saturated heterocycles. The largest absolute Gasteiger partial charge is 0.378 e. The summed E-state index contributed by atoms with van der Waals surface area (Å²) in [6.07, 6.45) is 5.18. The lowest BCUT2D eigenvalue weighted by molar-refractivity contribution is -0.139. The van der Waals surface area contributed by atoms with Crippen LogP contribution in [0.4, 0.5) is 0 Å². The van der Waals surface area contributed by atoms with E-state index in [2.05, 4.69) is 10.8 Å². The van der Waals surface area contributed by atoms with Crippen molar-refractivity contribution in [3.63, 3.8) is 0 Å². The molecule has 2 aliphatic rings. The molecule has 2 fully saturated rings. The van der Waals surface area contributed by atoms with E-state index in [0.717, 1.165) is 26.0 Å². The maximum Gasteiger partial charge on any atom is 0.245 e. The summed E-state index contributed by atoms with van der Waals surface area (Å²) < 4.78 is 5.28. The van der Waals surface area contributed by atoms with Gasteiger partial charge in [-0.05, 0) is 12.8 Å². The molecule has 0 aromatic heterocycles. The molecule has 1 heterocycles. The average Bonchev–Trinajstić information content (AvgIpc) is 2.81. The van der Waals surface area contributed by atoms with Crippen LogP contribution in [0.15, 0.2) is 0 Å². The lowest BCUT2D eigenvalue weighted by atomic mass is 10.2. The summed E-state index contributed by atoms with van der Waals surface area (Å²) in [4.78, 5) is 16.9. The third-order valence-corrected chi connectivity index (χ3v) is 3.07. The predicted octanol–water partition coefficient (Wildman–Crippen LogP) is 0.355. The predicted molar refractivity (Wildman–Crippen MR) is 58.7 cm³/mol. The van der Waals surface area contributed by atoms with E-state index < -0.39 is 0 Å². The van der Waals surface area contributed by atoms with Gasteiger partial charge in [-0.2, -0.15) is 0 Å². The first-order valence-electron chi connectivity index (χ1n) is 6.10. The quantitative estimate of drug-likeness (QED) is 0.682. The average molecular weight is 228 g/mol. The molecular weight excluding hydrogens is 208 g/mol. The fraction of sp³-hybridized carbons (Fsp3) is 0.909. The summed E-state index contributed by atoms with van der Waals surface area (Å²) in [6.45, 7) is 2.16. The van der Waals surface area contributed by atoms with Crippen LogP contribution in [0.1, 0.15) is 32.1 Å². The highest BCUT2D eigenvalue weighted by atomic mass is 16.7. The van der Waals surface area contributed by atoms with Gasteiger partial charge in [0.15, 0.2) is 0 Å². The van der Waals surface area contributed by atoms with Gasteiger partial charge < -0.3 is 10.1 Å². The summed E-state index contributed by atoms with van der Waals surface area (Å²) in [5.41, 5.74) is 2.54. The number of hydroxylamine groups is 1. The van der Waals surface area contributed by atoms with Gasteiger partial charge in [0.1, 0.15) is 0 Å². The molecule has 2 N–H and O–H groups in total. The van der Waals surface area contributed by atoms with E-state index in [1.165, 1.54) is 12.8 Å². The van der Waals surface area contributed by atoms with Crippen LogP contribution in [-0.4, -0.2) is 37.8 Å². The van der Waals surface area contributed by atoms with Crippen LogP contribution in [0, 0.1) is 0 Å². The van der Waals surface area contributed by atoms with E-state index in [4.69, 9.17) is 9.57 Å². The second-order valence-corrected chi connectivity index (χ2v) is 4.48. The normalized spacial score (nSPS) is 26.9. The van der Waals surface area contributed by atoms with Crippen molar-refractivity contribution in [1.29, 1.82) is 0 Å². The fourth-order valence-electron chi connectivity index (χ4n) is 2.17.